The van der Waals surface area contributed by atoms with Crippen molar-refractivity contribution in [3.63, 3.8) is 0 Å². The molecule has 346 valence electrons. The van der Waals surface area contributed by atoms with E-state index in [2.05, 4.69) is 58.5 Å². The Morgan fingerprint density at radius 1 is 0.412 bits per heavy atom. The summed E-state index contributed by atoms with van der Waals surface area (Å²) in [7, 11) is 0. The summed E-state index contributed by atoms with van der Waals surface area (Å²) in [4.78, 5) is 72.6. The van der Waals surface area contributed by atoms with Gasteiger partial charge in [-0.25, -0.2) is 9.97 Å². The summed E-state index contributed by atoms with van der Waals surface area (Å²) in [5.41, 5.74) is 13.5. The van der Waals surface area contributed by atoms with Crippen molar-refractivity contribution in [1.29, 1.82) is 0 Å². The van der Waals surface area contributed by atoms with E-state index in [0.29, 0.717) is 26.2 Å². The summed E-state index contributed by atoms with van der Waals surface area (Å²) in [5.74, 6) is -1.41. The number of aromatic nitrogens is 4. The van der Waals surface area contributed by atoms with Crippen LogP contribution in [0, 0.1) is 0 Å². The highest BCUT2D eigenvalue weighted by atomic mass is 16.6. The smallest absolute Gasteiger partial charge is 0.304 e. The number of carbonyl (C=O) groups excluding carboxylic acids is 4. The number of fused-ring (bicyclic) bond motifs is 8. The van der Waals surface area contributed by atoms with Crippen LogP contribution in [0.4, 0.5) is 0 Å². The Bertz CT molecular complexity index is 2680. The molecule has 0 aromatic carbocycles. The summed E-state index contributed by atoms with van der Waals surface area (Å²) in [6.07, 6.45) is 32.2. The number of ether oxygens (including phenoxy) is 4. The summed E-state index contributed by atoms with van der Waals surface area (Å²) in [6, 6.07) is 8.24. The van der Waals surface area contributed by atoms with Crippen LogP contribution in [0.5, 0.6) is 0 Å². The number of nitrogens with one attached hydrogen (secondary N) is 2. The summed E-state index contributed by atoms with van der Waals surface area (Å²) >= 11 is 0. The highest BCUT2D eigenvalue weighted by Crippen LogP contribution is 2.37. The molecule has 16 nitrogen and oxygen atoms in total. The van der Waals surface area contributed by atoms with E-state index in [1.807, 2.05) is 93.0 Å². The van der Waals surface area contributed by atoms with Crippen molar-refractivity contribution >= 4 is 92.5 Å². The van der Waals surface area contributed by atoms with Crippen LogP contribution < -0.4 is 0 Å². The van der Waals surface area contributed by atoms with Crippen LogP contribution in [0.2, 0.25) is 0 Å². The van der Waals surface area contributed by atoms with Crippen LogP contribution >= 0.6 is 0 Å². The molecule has 9 heterocycles. The van der Waals surface area contributed by atoms with E-state index in [1.165, 1.54) is 27.7 Å². The Morgan fingerprint density at radius 2 is 0.647 bits per heavy atom. The second-order valence-corrected chi connectivity index (χ2v) is 16.5. The molecule has 0 fully saturated rings. The zero-order valence-electron chi connectivity index (χ0n) is 38.2. The normalized spacial score (nSPS) is 16.1. The third-order valence-corrected chi connectivity index (χ3v) is 11.7. The SMILES string of the molecule is CC(=O)OCN1C=CC(c2c3nc(c(C4=CCN(COC(C)=O)C=C4)c4ccc([nH]4)c(C4=CCN(COC(C)=O)C=C4)c4nc(c(C5=CCN(COC(C)=O)C=C5)c5ccc2[nH]5)C=C4)C=C3)=CC1. The predicted octanol–water partition coefficient (Wildman–Crippen LogP) is 7.59. The Hall–Kier alpha value is -8.40. The highest BCUT2D eigenvalue weighted by Gasteiger charge is 2.23. The Balaban J connectivity index is 1.28. The molecule has 0 saturated heterocycles. The first-order valence-electron chi connectivity index (χ1n) is 22.2. The van der Waals surface area contributed by atoms with E-state index in [9.17, 15) is 19.2 Å². The lowest BCUT2D eigenvalue weighted by Gasteiger charge is -2.22. The molecule has 0 unspecified atom stereocenters. The van der Waals surface area contributed by atoms with Gasteiger partial charge in [0.05, 0.1) is 22.8 Å². The van der Waals surface area contributed by atoms with Crippen molar-refractivity contribution in [2.75, 3.05) is 53.1 Å². The number of hydrogen-bond acceptors (Lipinski definition) is 14. The largest absolute Gasteiger partial charge is 0.444 e. The molecule has 3 aromatic heterocycles. The molecule has 0 atom stereocenters. The monoisotopic (exact) mass is 914 g/mol. The van der Waals surface area contributed by atoms with Gasteiger partial charge in [-0.3, -0.25) is 19.2 Å². The van der Waals surface area contributed by atoms with E-state index in [4.69, 9.17) is 28.9 Å². The predicted molar refractivity (Wildman–Crippen MR) is 261 cm³/mol. The molecular weight excluding hydrogens is 865 g/mol. The maximum Gasteiger partial charge on any atom is 0.304 e. The Kier molecular flexibility index (Phi) is 12.9. The van der Waals surface area contributed by atoms with Crippen LogP contribution in [-0.4, -0.2) is 117 Å². The number of rotatable bonds is 12. The van der Waals surface area contributed by atoms with Gasteiger partial charge in [-0.15, -0.1) is 0 Å². The maximum absolute atomic E-state index is 11.6. The van der Waals surface area contributed by atoms with Crippen LogP contribution in [-0.2, 0) is 38.1 Å². The molecule has 9 rings (SSSR count). The average molecular weight is 915 g/mol. The van der Waals surface area contributed by atoms with Gasteiger partial charge in [0.2, 0.25) is 0 Å². The zero-order valence-corrected chi connectivity index (χ0v) is 38.2. The van der Waals surface area contributed by atoms with E-state index >= 15 is 0 Å². The number of carbonyl (C=O) groups is 4. The summed E-state index contributed by atoms with van der Waals surface area (Å²) < 4.78 is 21.2. The number of aromatic amines is 2. The lowest BCUT2D eigenvalue weighted by Crippen LogP contribution is -2.24. The van der Waals surface area contributed by atoms with Gasteiger partial charge in [-0.05, 0) is 95.2 Å². The maximum atomic E-state index is 11.6. The standard InChI is InChI=1S/C52H50N8O8/c1-33(61)65-29-57-21-13-37(14-22-57)49-41-5-7-43(53-41)50(38-15-23-58(24-16-38)30-66-34(2)62)45-9-11-47(55-45)52(40-19-27-60(28-20-40)32-68-36(4)64)48-12-10-46(56-48)51(44-8-6-42(49)54-44)39-17-25-59(26-18-39)31-67-35(3)63/h5-21,23,25,27,53,56H,22,24,26,28-32H2,1-4H3. The lowest BCUT2D eigenvalue weighted by molar-refractivity contribution is -0.145. The van der Waals surface area contributed by atoms with Crippen molar-refractivity contribution < 1.29 is 38.1 Å². The summed E-state index contributed by atoms with van der Waals surface area (Å²) in [5, 5.41) is 0. The average Bonchev–Trinajstić information content (AvgIpc) is 4.19. The van der Waals surface area contributed by atoms with Crippen molar-refractivity contribution in [3.8, 4) is 0 Å². The number of allylic oxidation sites excluding steroid dienone is 8. The highest BCUT2D eigenvalue weighted by molar-refractivity contribution is 5.99. The van der Waals surface area contributed by atoms with Gasteiger partial charge in [-0.2, -0.15) is 0 Å². The second kappa shape index (κ2) is 19.6. The first-order chi connectivity index (χ1) is 32.9. The molecule has 68 heavy (non-hydrogen) atoms. The Labute approximate surface area is 392 Å². The van der Waals surface area contributed by atoms with Crippen LogP contribution in [0.25, 0.3) is 68.7 Å². The van der Waals surface area contributed by atoms with E-state index in [1.54, 1.807) is 0 Å². The molecule has 0 aliphatic carbocycles. The fraction of sp³-hybridized carbons (Fsp3) is 0.231. The zero-order chi connectivity index (χ0) is 47.3. The second-order valence-electron chi connectivity index (χ2n) is 16.5. The first kappa shape index (κ1) is 44.8. The van der Waals surface area contributed by atoms with E-state index < -0.39 is 0 Å². The minimum atomic E-state index is -0.353. The van der Waals surface area contributed by atoms with Crippen molar-refractivity contribution in [1.82, 2.24) is 39.5 Å². The molecule has 6 aliphatic heterocycles. The van der Waals surface area contributed by atoms with Gasteiger partial charge in [0.1, 0.15) is 0 Å². The molecular formula is C52H50N8O8. The number of hydrogen-bond donors (Lipinski definition) is 2. The van der Waals surface area contributed by atoms with Crippen molar-refractivity contribution in [2.45, 2.75) is 27.7 Å². The molecule has 0 spiro atoms. The van der Waals surface area contributed by atoms with Crippen LogP contribution in [0.3, 0.4) is 0 Å². The number of H-pyrrole nitrogens is 2. The molecule has 0 amide bonds. The first-order valence-corrected chi connectivity index (χ1v) is 22.2. The fourth-order valence-electron chi connectivity index (χ4n) is 8.36. The molecule has 8 bridgehead atoms. The minimum absolute atomic E-state index is 0.128. The third-order valence-electron chi connectivity index (χ3n) is 11.7. The van der Waals surface area contributed by atoms with Gasteiger partial charge in [0.25, 0.3) is 0 Å². The topological polar surface area (TPSA) is 176 Å². The molecule has 0 radical (unpaired) electrons. The quantitative estimate of drug-likeness (QED) is 0.0925. The molecule has 6 aliphatic rings. The van der Waals surface area contributed by atoms with Gasteiger partial charge < -0.3 is 48.5 Å². The molecule has 2 N–H and O–H groups in total. The minimum Gasteiger partial charge on any atom is -0.444 e. The Morgan fingerprint density at radius 3 is 0.838 bits per heavy atom. The molecule has 3 aromatic rings. The fourth-order valence-corrected chi connectivity index (χ4v) is 8.36. The molecule has 16 heteroatoms. The third kappa shape index (κ3) is 10.0. The molecule has 0 saturated carbocycles. The van der Waals surface area contributed by atoms with Crippen molar-refractivity contribution in [3.05, 3.63) is 143 Å². The van der Waals surface area contributed by atoms with Gasteiger partial charge in [0.15, 0.2) is 26.9 Å². The van der Waals surface area contributed by atoms with E-state index in [-0.39, 0.29) is 50.8 Å². The lowest BCUT2D eigenvalue weighted by atomic mass is 10.0. The van der Waals surface area contributed by atoms with Gasteiger partial charge >= 0.3 is 23.9 Å². The van der Waals surface area contributed by atoms with Crippen LogP contribution in [0.15, 0.2) is 97.7 Å². The number of nitrogens with zero attached hydrogens (tertiary/aromatic N) is 6. The van der Waals surface area contributed by atoms with Gasteiger partial charge in [-0.1, -0.05) is 24.3 Å². The van der Waals surface area contributed by atoms with Crippen molar-refractivity contribution in [2.24, 2.45) is 0 Å². The van der Waals surface area contributed by atoms with Crippen LogP contribution in [0.1, 0.15) is 72.7 Å². The van der Waals surface area contributed by atoms with Gasteiger partial charge in [0, 0.05) is 123 Å². The summed E-state index contributed by atoms with van der Waals surface area (Å²) in [6.45, 7) is 8.09. The van der Waals surface area contributed by atoms with E-state index in [0.717, 1.165) is 89.4 Å². The number of esters is 4.